The van der Waals surface area contributed by atoms with Gasteiger partial charge in [0.25, 0.3) is 0 Å². The monoisotopic (exact) mass is 733 g/mol. The van der Waals surface area contributed by atoms with Crippen LogP contribution < -0.4 is 0 Å². The Balaban J connectivity index is 4.41. The van der Waals surface area contributed by atoms with Crippen molar-refractivity contribution in [2.45, 2.75) is 187 Å². The molecule has 0 rings (SSSR count). The molecule has 0 aliphatic carbocycles. The van der Waals surface area contributed by atoms with Gasteiger partial charge in [-0.2, -0.15) is 0 Å². The first-order valence-electron chi connectivity index (χ1n) is 20.4. The van der Waals surface area contributed by atoms with E-state index in [1.54, 1.807) is 0 Å². The fourth-order valence-electron chi connectivity index (χ4n) is 5.54. The fraction of sp³-hybridized carbons (Fsp3) is 0.900. The van der Waals surface area contributed by atoms with E-state index in [4.69, 9.17) is 18.5 Å². The number of hydrogen-bond acceptors (Lipinski definition) is 7. The number of hydrogen-bond donors (Lipinski definition) is 1. The summed E-state index contributed by atoms with van der Waals surface area (Å²) in [6.45, 7) is 4.40. The zero-order valence-electron chi connectivity index (χ0n) is 33.1. The van der Waals surface area contributed by atoms with Crippen LogP contribution in [0.3, 0.4) is 0 Å². The van der Waals surface area contributed by atoms with Crippen LogP contribution in [0.5, 0.6) is 0 Å². The SMILES string of the molecule is CCCCCCC/C=C/CCCCCCCC(=O)O[C@H](COC(=O)CCCCCCCCCCCCCC)COP(=O)(O)OCC[N+](C)(C)C. The highest BCUT2D eigenvalue weighted by atomic mass is 31.2. The van der Waals surface area contributed by atoms with Crippen LogP contribution in [0.15, 0.2) is 12.2 Å². The van der Waals surface area contributed by atoms with Crippen molar-refractivity contribution in [3.63, 3.8) is 0 Å². The van der Waals surface area contributed by atoms with Gasteiger partial charge in [-0.15, -0.1) is 0 Å². The van der Waals surface area contributed by atoms with Crippen LogP contribution in [-0.4, -0.2) is 74.9 Å². The third-order valence-electron chi connectivity index (χ3n) is 8.80. The number of allylic oxidation sites excluding steroid dienone is 2. The predicted molar refractivity (Wildman–Crippen MR) is 206 cm³/mol. The van der Waals surface area contributed by atoms with Crippen molar-refractivity contribution < 1.29 is 42.1 Å². The molecule has 0 amide bonds. The number of phosphoric acid groups is 1. The first-order valence-corrected chi connectivity index (χ1v) is 21.9. The number of carbonyl (C=O) groups is 2. The van der Waals surface area contributed by atoms with Crippen molar-refractivity contribution in [3.05, 3.63) is 12.2 Å². The Bertz CT molecular complexity index is 876. The zero-order chi connectivity index (χ0) is 37.2. The molecular weight excluding hydrogens is 653 g/mol. The van der Waals surface area contributed by atoms with Gasteiger partial charge in [-0.1, -0.05) is 142 Å². The average Bonchev–Trinajstić information content (AvgIpc) is 3.06. The number of esters is 2. The molecule has 2 atom stereocenters. The Labute approximate surface area is 307 Å². The van der Waals surface area contributed by atoms with Crippen LogP contribution in [0.2, 0.25) is 0 Å². The van der Waals surface area contributed by atoms with Crippen LogP contribution in [-0.2, 0) is 32.7 Å². The molecule has 0 saturated carbocycles. The molecule has 9 nitrogen and oxygen atoms in total. The summed E-state index contributed by atoms with van der Waals surface area (Å²) in [6, 6.07) is 0. The van der Waals surface area contributed by atoms with Gasteiger partial charge in [0.2, 0.25) is 0 Å². The molecule has 0 spiro atoms. The molecule has 0 bridgehead atoms. The summed E-state index contributed by atoms with van der Waals surface area (Å²) in [5, 5.41) is 0. The van der Waals surface area contributed by atoms with E-state index in [9.17, 15) is 19.0 Å². The predicted octanol–water partition coefficient (Wildman–Crippen LogP) is 11.0. The van der Waals surface area contributed by atoms with E-state index >= 15 is 0 Å². The fourth-order valence-corrected chi connectivity index (χ4v) is 6.28. The number of likely N-dealkylation sites (N-methyl/N-ethyl adjacent to an activating group) is 1. The van der Waals surface area contributed by atoms with Crippen molar-refractivity contribution in [1.29, 1.82) is 0 Å². The molecule has 0 fully saturated rings. The molecule has 0 saturated heterocycles. The highest BCUT2D eigenvalue weighted by Gasteiger charge is 2.27. The largest absolute Gasteiger partial charge is 0.472 e. The van der Waals surface area contributed by atoms with Gasteiger partial charge in [0.15, 0.2) is 6.10 Å². The molecule has 0 heterocycles. The molecular formula is C40H79NO8P+. The first kappa shape index (κ1) is 48.8. The van der Waals surface area contributed by atoms with Crippen LogP contribution in [0, 0.1) is 0 Å². The Kier molecular flexibility index (Phi) is 32.7. The topological polar surface area (TPSA) is 108 Å². The lowest BCUT2D eigenvalue weighted by molar-refractivity contribution is -0.870. The van der Waals surface area contributed by atoms with E-state index in [1.807, 2.05) is 21.1 Å². The minimum atomic E-state index is -4.36. The number of rotatable bonds is 37. The second-order valence-electron chi connectivity index (χ2n) is 15.0. The second-order valence-corrected chi connectivity index (χ2v) is 16.5. The Morgan fingerprint density at radius 1 is 0.600 bits per heavy atom. The summed E-state index contributed by atoms with van der Waals surface area (Å²) in [4.78, 5) is 35.2. The quantitative estimate of drug-likeness (QED) is 0.0221. The maximum atomic E-state index is 12.6. The van der Waals surface area contributed by atoms with Crippen molar-refractivity contribution in [1.82, 2.24) is 0 Å². The van der Waals surface area contributed by atoms with E-state index < -0.39 is 26.5 Å². The lowest BCUT2D eigenvalue weighted by Gasteiger charge is -2.24. The van der Waals surface area contributed by atoms with Crippen LogP contribution in [0.25, 0.3) is 0 Å². The van der Waals surface area contributed by atoms with Crippen molar-refractivity contribution in [2.75, 3.05) is 47.5 Å². The number of carbonyl (C=O) groups excluding carboxylic acids is 2. The minimum Gasteiger partial charge on any atom is -0.462 e. The Morgan fingerprint density at radius 3 is 1.48 bits per heavy atom. The molecule has 0 aromatic carbocycles. The van der Waals surface area contributed by atoms with Gasteiger partial charge in [0.05, 0.1) is 27.7 Å². The smallest absolute Gasteiger partial charge is 0.462 e. The molecule has 1 N–H and O–H groups in total. The molecule has 1 unspecified atom stereocenters. The summed E-state index contributed by atoms with van der Waals surface area (Å²) in [6.07, 6.45) is 32.5. The van der Waals surface area contributed by atoms with Crippen LogP contribution >= 0.6 is 7.82 Å². The lowest BCUT2D eigenvalue weighted by Crippen LogP contribution is -2.37. The van der Waals surface area contributed by atoms with Crippen LogP contribution in [0.1, 0.15) is 181 Å². The van der Waals surface area contributed by atoms with E-state index in [-0.39, 0.29) is 25.6 Å². The van der Waals surface area contributed by atoms with Gasteiger partial charge in [0, 0.05) is 12.8 Å². The second kappa shape index (κ2) is 33.6. The van der Waals surface area contributed by atoms with Gasteiger partial charge in [-0.05, 0) is 38.5 Å². The summed E-state index contributed by atoms with van der Waals surface area (Å²) in [5.41, 5.74) is 0. The summed E-state index contributed by atoms with van der Waals surface area (Å²) in [5.74, 6) is -0.803. The number of quaternary nitrogens is 1. The summed E-state index contributed by atoms with van der Waals surface area (Å²) in [7, 11) is 1.48. The molecule has 296 valence electrons. The number of ether oxygens (including phenoxy) is 2. The highest BCUT2D eigenvalue weighted by molar-refractivity contribution is 7.47. The van der Waals surface area contributed by atoms with E-state index in [2.05, 4.69) is 26.0 Å². The third-order valence-corrected chi connectivity index (χ3v) is 9.78. The molecule has 50 heavy (non-hydrogen) atoms. The third kappa shape index (κ3) is 36.5. The summed E-state index contributed by atoms with van der Waals surface area (Å²) < 4.78 is 34.2. The van der Waals surface area contributed by atoms with E-state index in [1.165, 1.54) is 96.3 Å². The lowest BCUT2D eigenvalue weighted by atomic mass is 10.0. The molecule has 0 aliphatic heterocycles. The maximum Gasteiger partial charge on any atom is 0.472 e. The zero-order valence-corrected chi connectivity index (χ0v) is 34.0. The van der Waals surface area contributed by atoms with Crippen LogP contribution in [0.4, 0.5) is 0 Å². The first-order chi connectivity index (χ1) is 24.0. The standard InChI is InChI=1S/C40H78NO8P/c1-6-8-10-12-14-16-18-20-21-23-25-27-29-31-33-40(43)49-38(37-48-50(44,45)47-35-34-41(3,4)5)36-46-39(42)32-30-28-26-24-22-19-17-15-13-11-9-7-2/h18,20,38H,6-17,19,21-37H2,1-5H3/p+1/b20-18+/t38-/m1/s1. The summed E-state index contributed by atoms with van der Waals surface area (Å²) >= 11 is 0. The Morgan fingerprint density at radius 2 is 1.02 bits per heavy atom. The van der Waals surface area contributed by atoms with Gasteiger partial charge >= 0.3 is 19.8 Å². The van der Waals surface area contributed by atoms with Gasteiger partial charge in [-0.3, -0.25) is 18.6 Å². The van der Waals surface area contributed by atoms with E-state index in [0.717, 1.165) is 51.4 Å². The van der Waals surface area contributed by atoms with Gasteiger partial charge in [-0.25, -0.2) is 4.57 Å². The molecule has 10 heteroatoms. The van der Waals surface area contributed by atoms with Crippen molar-refractivity contribution in [3.8, 4) is 0 Å². The molecule has 0 aromatic heterocycles. The average molecular weight is 733 g/mol. The molecule has 0 radical (unpaired) electrons. The van der Waals surface area contributed by atoms with E-state index in [0.29, 0.717) is 23.9 Å². The highest BCUT2D eigenvalue weighted by Crippen LogP contribution is 2.43. The van der Waals surface area contributed by atoms with Gasteiger partial charge in [0.1, 0.15) is 19.8 Å². The maximum absolute atomic E-state index is 12.6. The Hall–Kier alpha value is -1.25. The van der Waals surface area contributed by atoms with Gasteiger partial charge < -0.3 is 18.9 Å². The van der Waals surface area contributed by atoms with Crippen molar-refractivity contribution >= 4 is 19.8 Å². The number of phosphoric ester groups is 1. The minimum absolute atomic E-state index is 0.0329. The van der Waals surface area contributed by atoms with Crippen molar-refractivity contribution in [2.24, 2.45) is 0 Å². The number of unbranched alkanes of at least 4 members (excludes halogenated alkanes) is 21. The number of nitrogens with zero attached hydrogens (tertiary/aromatic N) is 1. The molecule has 0 aromatic rings. The molecule has 0 aliphatic rings. The normalized spacial score (nSPS) is 13.8.